The molecule has 0 saturated heterocycles. The van der Waals surface area contributed by atoms with Gasteiger partial charge in [-0.1, -0.05) is 41.6 Å². The highest BCUT2D eigenvalue weighted by Gasteiger charge is 2.21. The van der Waals surface area contributed by atoms with E-state index in [-0.39, 0.29) is 25.1 Å². The molecule has 2 aromatic carbocycles. The van der Waals surface area contributed by atoms with Gasteiger partial charge in [-0.2, -0.15) is 4.98 Å². The van der Waals surface area contributed by atoms with Crippen LogP contribution in [0.1, 0.15) is 36.4 Å². The molecule has 0 saturated carbocycles. The molecule has 3 aromatic rings. The Morgan fingerprint density at radius 1 is 1.14 bits per heavy atom. The van der Waals surface area contributed by atoms with Crippen molar-refractivity contribution in [1.29, 1.82) is 0 Å². The van der Waals surface area contributed by atoms with Crippen LogP contribution in [0.2, 0.25) is 0 Å². The average Bonchev–Trinajstić information content (AvgIpc) is 3.16. The standard InChI is InChI=1S/C23H27N3O3/c1-15(2)26(13-21-24-23(25-29-21)19-9-7-6-8-10-19)22(27)14-28-20-12-16(3)11-17(4)18(20)5/h6-12,15H,13-14H2,1-5H3. The lowest BCUT2D eigenvalue weighted by Crippen LogP contribution is -2.39. The quantitative estimate of drug-likeness (QED) is 0.592. The summed E-state index contributed by atoms with van der Waals surface area (Å²) in [4.78, 5) is 18.9. The van der Waals surface area contributed by atoms with Gasteiger partial charge >= 0.3 is 0 Å². The van der Waals surface area contributed by atoms with Gasteiger partial charge < -0.3 is 14.2 Å². The van der Waals surface area contributed by atoms with E-state index in [1.165, 1.54) is 0 Å². The molecule has 0 N–H and O–H groups in total. The maximum atomic E-state index is 12.8. The van der Waals surface area contributed by atoms with Crippen molar-refractivity contribution >= 4 is 5.91 Å². The lowest BCUT2D eigenvalue weighted by atomic mass is 10.1. The molecular formula is C23H27N3O3. The van der Waals surface area contributed by atoms with E-state index in [0.29, 0.717) is 11.7 Å². The van der Waals surface area contributed by atoms with E-state index in [1.54, 1.807) is 4.90 Å². The zero-order valence-corrected chi connectivity index (χ0v) is 17.6. The van der Waals surface area contributed by atoms with Crippen molar-refractivity contribution in [3.05, 3.63) is 65.0 Å². The third-order valence-electron chi connectivity index (χ3n) is 4.86. The number of aromatic nitrogens is 2. The number of amides is 1. The number of hydrogen-bond acceptors (Lipinski definition) is 5. The van der Waals surface area contributed by atoms with Crippen molar-refractivity contribution < 1.29 is 14.1 Å². The van der Waals surface area contributed by atoms with Gasteiger partial charge in [0.15, 0.2) is 6.61 Å². The fourth-order valence-corrected chi connectivity index (χ4v) is 3.10. The van der Waals surface area contributed by atoms with Crippen LogP contribution in [0.15, 0.2) is 47.0 Å². The third-order valence-corrected chi connectivity index (χ3v) is 4.86. The molecule has 0 bridgehead atoms. The highest BCUT2D eigenvalue weighted by Crippen LogP contribution is 2.23. The summed E-state index contributed by atoms with van der Waals surface area (Å²) >= 11 is 0. The molecule has 1 heterocycles. The number of benzene rings is 2. The fourth-order valence-electron chi connectivity index (χ4n) is 3.10. The van der Waals surface area contributed by atoms with Crippen LogP contribution >= 0.6 is 0 Å². The number of carbonyl (C=O) groups excluding carboxylic acids is 1. The summed E-state index contributed by atoms with van der Waals surface area (Å²) in [7, 11) is 0. The highest BCUT2D eigenvalue weighted by atomic mass is 16.5. The van der Waals surface area contributed by atoms with Crippen LogP contribution in [0.3, 0.4) is 0 Å². The minimum atomic E-state index is -0.127. The largest absolute Gasteiger partial charge is 0.483 e. The second-order valence-electron chi connectivity index (χ2n) is 7.49. The highest BCUT2D eigenvalue weighted by molar-refractivity contribution is 5.78. The van der Waals surface area contributed by atoms with E-state index >= 15 is 0 Å². The first-order valence-corrected chi connectivity index (χ1v) is 9.73. The van der Waals surface area contributed by atoms with E-state index in [1.807, 2.05) is 71.0 Å². The van der Waals surface area contributed by atoms with Crippen molar-refractivity contribution in [3.8, 4) is 17.1 Å². The van der Waals surface area contributed by atoms with Crippen LogP contribution in [-0.4, -0.2) is 33.6 Å². The topological polar surface area (TPSA) is 68.5 Å². The summed E-state index contributed by atoms with van der Waals surface area (Å²) in [6, 6.07) is 13.6. The Morgan fingerprint density at radius 3 is 2.55 bits per heavy atom. The fraction of sp³-hybridized carbons (Fsp3) is 0.348. The van der Waals surface area contributed by atoms with Crippen molar-refractivity contribution in [2.45, 2.75) is 47.2 Å². The summed E-state index contributed by atoms with van der Waals surface area (Å²) in [5.74, 6) is 1.52. The molecule has 6 heteroatoms. The first-order valence-electron chi connectivity index (χ1n) is 9.73. The van der Waals surface area contributed by atoms with Crippen LogP contribution in [0.25, 0.3) is 11.4 Å². The van der Waals surface area contributed by atoms with Gasteiger partial charge in [0.2, 0.25) is 11.7 Å². The normalized spacial score (nSPS) is 11.0. The molecule has 0 unspecified atom stereocenters. The summed E-state index contributed by atoms with van der Waals surface area (Å²) < 4.78 is 11.2. The summed E-state index contributed by atoms with van der Waals surface area (Å²) in [5.41, 5.74) is 4.17. The monoisotopic (exact) mass is 393 g/mol. The Hall–Kier alpha value is -3.15. The minimum Gasteiger partial charge on any atom is -0.483 e. The minimum absolute atomic E-state index is 0.0292. The van der Waals surface area contributed by atoms with Gasteiger partial charge in [-0.25, -0.2) is 0 Å². The number of nitrogens with zero attached hydrogens (tertiary/aromatic N) is 3. The molecule has 0 atom stereocenters. The molecule has 1 aromatic heterocycles. The van der Waals surface area contributed by atoms with Gasteiger partial charge in [0.1, 0.15) is 12.3 Å². The Morgan fingerprint density at radius 2 is 1.86 bits per heavy atom. The molecule has 0 spiro atoms. The van der Waals surface area contributed by atoms with Crippen molar-refractivity contribution in [2.75, 3.05) is 6.61 Å². The van der Waals surface area contributed by atoms with E-state index < -0.39 is 0 Å². The maximum absolute atomic E-state index is 12.8. The van der Waals surface area contributed by atoms with Crippen molar-refractivity contribution in [1.82, 2.24) is 15.0 Å². The van der Waals surface area contributed by atoms with E-state index in [4.69, 9.17) is 9.26 Å². The number of carbonyl (C=O) groups is 1. The summed E-state index contributed by atoms with van der Waals surface area (Å²) in [5, 5.41) is 4.03. The SMILES string of the molecule is Cc1cc(C)c(C)c(OCC(=O)N(Cc2nc(-c3ccccc3)no2)C(C)C)c1. The zero-order chi connectivity index (χ0) is 21.0. The molecular weight excluding hydrogens is 366 g/mol. The van der Waals surface area contributed by atoms with Gasteiger partial charge in [-0.05, 0) is 57.4 Å². The Bertz CT molecular complexity index is 980. The van der Waals surface area contributed by atoms with Crippen molar-refractivity contribution in [2.24, 2.45) is 0 Å². The Balaban J connectivity index is 1.68. The molecule has 1 amide bonds. The molecule has 29 heavy (non-hydrogen) atoms. The molecule has 0 fully saturated rings. The van der Waals surface area contributed by atoms with Crippen LogP contribution < -0.4 is 4.74 Å². The molecule has 3 rings (SSSR count). The van der Waals surface area contributed by atoms with Gasteiger partial charge in [0.05, 0.1) is 0 Å². The number of rotatable bonds is 7. The summed E-state index contributed by atoms with van der Waals surface area (Å²) in [6.45, 7) is 10.2. The second-order valence-corrected chi connectivity index (χ2v) is 7.49. The smallest absolute Gasteiger partial charge is 0.261 e. The maximum Gasteiger partial charge on any atom is 0.261 e. The first-order chi connectivity index (χ1) is 13.8. The molecule has 6 nitrogen and oxygen atoms in total. The Kier molecular flexibility index (Phi) is 6.32. The van der Waals surface area contributed by atoms with Gasteiger partial charge in [-0.15, -0.1) is 0 Å². The molecule has 0 aliphatic heterocycles. The zero-order valence-electron chi connectivity index (χ0n) is 17.6. The van der Waals surface area contributed by atoms with Crippen LogP contribution in [-0.2, 0) is 11.3 Å². The Labute approximate surface area is 171 Å². The number of hydrogen-bond donors (Lipinski definition) is 0. The van der Waals surface area contributed by atoms with E-state index in [9.17, 15) is 4.79 Å². The predicted octanol–water partition coefficient (Wildman–Crippen LogP) is 4.48. The lowest BCUT2D eigenvalue weighted by Gasteiger charge is -2.25. The summed E-state index contributed by atoms with van der Waals surface area (Å²) in [6.07, 6.45) is 0. The molecule has 0 aliphatic rings. The third kappa shape index (κ3) is 5.02. The lowest BCUT2D eigenvalue weighted by molar-refractivity contribution is -0.136. The van der Waals surface area contributed by atoms with Gasteiger partial charge in [0, 0.05) is 11.6 Å². The van der Waals surface area contributed by atoms with Gasteiger partial charge in [0.25, 0.3) is 5.91 Å². The van der Waals surface area contributed by atoms with Gasteiger partial charge in [-0.3, -0.25) is 4.79 Å². The van der Waals surface area contributed by atoms with Crippen molar-refractivity contribution in [3.63, 3.8) is 0 Å². The van der Waals surface area contributed by atoms with E-state index in [2.05, 4.69) is 16.2 Å². The van der Waals surface area contributed by atoms with Crippen LogP contribution in [0, 0.1) is 20.8 Å². The number of ether oxygens (including phenoxy) is 1. The first kappa shape index (κ1) is 20.6. The molecule has 152 valence electrons. The number of aryl methyl sites for hydroxylation is 2. The van der Waals surface area contributed by atoms with E-state index in [0.717, 1.165) is 28.0 Å². The average molecular weight is 393 g/mol. The predicted molar refractivity (Wildman–Crippen MR) is 112 cm³/mol. The second kappa shape index (κ2) is 8.90. The molecule has 0 aliphatic carbocycles. The molecule has 0 radical (unpaired) electrons. The van der Waals surface area contributed by atoms with Crippen LogP contribution in [0.4, 0.5) is 0 Å². The van der Waals surface area contributed by atoms with Crippen LogP contribution in [0.5, 0.6) is 5.75 Å².